The van der Waals surface area contributed by atoms with Gasteiger partial charge >= 0.3 is 0 Å². The van der Waals surface area contributed by atoms with E-state index in [1.165, 1.54) is 0 Å². The van der Waals surface area contributed by atoms with Crippen LogP contribution in [0.15, 0.2) is 0 Å². The van der Waals surface area contributed by atoms with E-state index in [0.717, 1.165) is 0 Å². The zero-order chi connectivity index (χ0) is 10.7. The van der Waals surface area contributed by atoms with Crippen LogP contribution in [0.1, 0.15) is 34.6 Å². The van der Waals surface area contributed by atoms with Gasteiger partial charge in [0.15, 0.2) is 0 Å². The van der Waals surface area contributed by atoms with Crippen molar-refractivity contribution in [1.82, 2.24) is 0 Å². The van der Waals surface area contributed by atoms with Gasteiger partial charge in [-0.3, -0.25) is 0 Å². The van der Waals surface area contributed by atoms with Crippen LogP contribution in [0.4, 0.5) is 0 Å². The van der Waals surface area contributed by atoms with Crippen molar-refractivity contribution in [3.8, 4) is 0 Å². The van der Waals surface area contributed by atoms with Gasteiger partial charge in [0.05, 0.1) is 12.2 Å². The molecular formula is C11H24O2. The average molecular weight is 188 g/mol. The van der Waals surface area contributed by atoms with Gasteiger partial charge in [0.25, 0.3) is 0 Å². The summed E-state index contributed by atoms with van der Waals surface area (Å²) in [4.78, 5) is 0. The van der Waals surface area contributed by atoms with E-state index in [0.29, 0.717) is 12.5 Å². The first kappa shape index (κ1) is 12.9. The first-order valence-electron chi connectivity index (χ1n) is 4.86. The minimum absolute atomic E-state index is 0.0892. The van der Waals surface area contributed by atoms with E-state index in [1.807, 2.05) is 0 Å². The third-order valence-corrected chi connectivity index (χ3v) is 2.93. The summed E-state index contributed by atoms with van der Waals surface area (Å²) < 4.78 is 10.9. The molecule has 13 heavy (non-hydrogen) atoms. The van der Waals surface area contributed by atoms with E-state index < -0.39 is 0 Å². The predicted molar refractivity (Wildman–Crippen MR) is 55.9 cm³/mol. The van der Waals surface area contributed by atoms with Crippen LogP contribution in [0.3, 0.4) is 0 Å². The van der Waals surface area contributed by atoms with E-state index in [9.17, 15) is 0 Å². The van der Waals surface area contributed by atoms with Crippen LogP contribution in [0.25, 0.3) is 0 Å². The Labute approximate surface area is 82.6 Å². The molecule has 1 atom stereocenters. The van der Waals surface area contributed by atoms with Gasteiger partial charge in [-0.05, 0) is 11.3 Å². The molecule has 2 heteroatoms. The van der Waals surface area contributed by atoms with Crippen molar-refractivity contribution in [3.63, 3.8) is 0 Å². The monoisotopic (exact) mass is 188 g/mol. The van der Waals surface area contributed by atoms with E-state index >= 15 is 0 Å². The molecular weight excluding hydrogens is 164 g/mol. The Balaban J connectivity index is 4.87. The average Bonchev–Trinajstić information content (AvgIpc) is 1.96. The first-order chi connectivity index (χ1) is 5.81. The minimum Gasteiger partial charge on any atom is -0.382 e. The Bertz CT molecular complexity index is 147. The Kier molecular flexibility index (Phi) is 4.40. The summed E-state index contributed by atoms with van der Waals surface area (Å²) in [5.41, 5.74) is -0.103. The summed E-state index contributed by atoms with van der Waals surface area (Å²) >= 11 is 0. The van der Waals surface area contributed by atoms with Gasteiger partial charge in [-0.1, -0.05) is 34.6 Å². The lowest BCUT2D eigenvalue weighted by molar-refractivity contribution is -0.158. The molecule has 0 fully saturated rings. The number of hydrogen-bond acceptors (Lipinski definition) is 2. The highest BCUT2D eigenvalue weighted by molar-refractivity contribution is 4.94. The maximum atomic E-state index is 5.68. The zero-order valence-corrected chi connectivity index (χ0v) is 10.1. The highest BCUT2D eigenvalue weighted by atomic mass is 16.5. The Morgan fingerprint density at radius 2 is 1.54 bits per heavy atom. The lowest BCUT2D eigenvalue weighted by atomic mass is 9.70. The zero-order valence-electron chi connectivity index (χ0n) is 10.1. The topological polar surface area (TPSA) is 18.5 Å². The molecule has 1 unspecified atom stereocenters. The molecule has 0 radical (unpaired) electrons. The number of ether oxygens (including phenoxy) is 2. The highest BCUT2D eigenvalue weighted by Gasteiger charge is 2.44. The second-order valence-corrected chi connectivity index (χ2v) is 4.93. The molecule has 0 spiro atoms. The molecule has 0 aromatic heterocycles. The van der Waals surface area contributed by atoms with Gasteiger partial charge in [0.1, 0.15) is 0 Å². The lowest BCUT2D eigenvalue weighted by Gasteiger charge is -2.46. The third-order valence-electron chi connectivity index (χ3n) is 2.93. The molecule has 0 aliphatic carbocycles. The normalized spacial score (nSPS) is 17.5. The van der Waals surface area contributed by atoms with Gasteiger partial charge in [-0.15, -0.1) is 0 Å². The Morgan fingerprint density at radius 1 is 1.08 bits per heavy atom. The van der Waals surface area contributed by atoms with Crippen molar-refractivity contribution in [2.75, 3.05) is 20.8 Å². The van der Waals surface area contributed by atoms with E-state index in [-0.39, 0.29) is 11.0 Å². The van der Waals surface area contributed by atoms with Crippen LogP contribution in [0.2, 0.25) is 0 Å². The van der Waals surface area contributed by atoms with Crippen LogP contribution < -0.4 is 0 Å². The summed E-state index contributed by atoms with van der Waals surface area (Å²) in [5, 5.41) is 0. The van der Waals surface area contributed by atoms with Crippen molar-refractivity contribution >= 4 is 0 Å². The predicted octanol–water partition coefficient (Wildman–Crippen LogP) is 2.72. The van der Waals surface area contributed by atoms with Gasteiger partial charge in [0, 0.05) is 14.2 Å². The summed E-state index contributed by atoms with van der Waals surface area (Å²) in [7, 11) is 3.49. The SMILES string of the molecule is COCC(OC)(C(C)C)C(C)(C)C. The Hall–Kier alpha value is -0.0800. The largest absolute Gasteiger partial charge is 0.382 e. The van der Waals surface area contributed by atoms with Gasteiger partial charge in [-0.2, -0.15) is 0 Å². The van der Waals surface area contributed by atoms with E-state index in [2.05, 4.69) is 34.6 Å². The lowest BCUT2D eigenvalue weighted by Crippen LogP contribution is -2.52. The van der Waals surface area contributed by atoms with Crippen LogP contribution in [0, 0.1) is 11.3 Å². The third kappa shape index (κ3) is 2.44. The highest BCUT2D eigenvalue weighted by Crippen LogP contribution is 2.39. The fourth-order valence-electron chi connectivity index (χ4n) is 2.06. The van der Waals surface area contributed by atoms with Crippen molar-refractivity contribution < 1.29 is 9.47 Å². The van der Waals surface area contributed by atoms with Crippen LogP contribution in [0.5, 0.6) is 0 Å². The quantitative estimate of drug-likeness (QED) is 0.675. The summed E-state index contributed by atoms with van der Waals surface area (Å²) in [6, 6.07) is 0. The summed E-state index contributed by atoms with van der Waals surface area (Å²) in [6.07, 6.45) is 0. The van der Waals surface area contributed by atoms with Gasteiger partial charge in [-0.25, -0.2) is 0 Å². The molecule has 0 aromatic rings. The van der Waals surface area contributed by atoms with Crippen molar-refractivity contribution in [1.29, 1.82) is 0 Å². The molecule has 2 nitrogen and oxygen atoms in total. The molecule has 0 bridgehead atoms. The number of hydrogen-bond donors (Lipinski definition) is 0. The molecule has 0 aliphatic heterocycles. The van der Waals surface area contributed by atoms with Gasteiger partial charge in [0.2, 0.25) is 0 Å². The van der Waals surface area contributed by atoms with Crippen molar-refractivity contribution in [3.05, 3.63) is 0 Å². The second kappa shape index (κ2) is 4.43. The maximum Gasteiger partial charge on any atom is 0.0981 e. The molecule has 0 rings (SSSR count). The molecule has 0 amide bonds. The fourth-order valence-corrected chi connectivity index (χ4v) is 2.06. The van der Waals surface area contributed by atoms with Crippen LogP contribution in [-0.2, 0) is 9.47 Å². The van der Waals surface area contributed by atoms with E-state index in [4.69, 9.17) is 9.47 Å². The molecule has 80 valence electrons. The number of rotatable bonds is 4. The van der Waals surface area contributed by atoms with Crippen LogP contribution in [-0.4, -0.2) is 26.4 Å². The van der Waals surface area contributed by atoms with Crippen molar-refractivity contribution in [2.45, 2.75) is 40.2 Å². The van der Waals surface area contributed by atoms with Crippen molar-refractivity contribution in [2.24, 2.45) is 11.3 Å². The van der Waals surface area contributed by atoms with Crippen LogP contribution >= 0.6 is 0 Å². The molecule has 0 aliphatic rings. The maximum absolute atomic E-state index is 5.68. The first-order valence-corrected chi connectivity index (χ1v) is 4.86. The standard InChI is InChI=1S/C11H24O2/c1-9(2)11(13-7,8-12-6)10(3,4)5/h9H,8H2,1-7H3. The molecule has 0 saturated heterocycles. The molecule has 0 heterocycles. The van der Waals surface area contributed by atoms with E-state index in [1.54, 1.807) is 14.2 Å². The van der Waals surface area contributed by atoms with Gasteiger partial charge < -0.3 is 9.47 Å². The number of methoxy groups -OCH3 is 2. The summed E-state index contributed by atoms with van der Waals surface area (Å²) in [5.74, 6) is 0.442. The molecule has 0 aromatic carbocycles. The summed E-state index contributed by atoms with van der Waals surface area (Å²) in [6.45, 7) is 11.6. The second-order valence-electron chi connectivity index (χ2n) is 4.93. The molecule has 0 N–H and O–H groups in total. The smallest absolute Gasteiger partial charge is 0.0981 e. The Morgan fingerprint density at radius 3 is 1.62 bits per heavy atom. The minimum atomic E-state index is -0.193. The fraction of sp³-hybridized carbons (Fsp3) is 1.00. The molecule has 0 saturated carbocycles.